The molecule has 0 saturated carbocycles. The summed E-state index contributed by atoms with van der Waals surface area (Å²) in [5.41, 5.74) is 3.23. The molecule has 1 fully saturated rings. The first kappa shape index (κ1) is 14.1. The van der Waals surface area contributed by atoms with E-state index in [-0.39, 0.29) is 0 Å². The predicted molar refractivity (Wildman–Crippen MR) is 87.4 cm³/mol. The van der Waals surface area contributed by atoms with Crippen molar-refractivity contribution < 1.29 is 0 Å². The van der Waals surface area contributed by atoms with Crippen LogP contribution in [-0.2, 0) is 0 Å². The summed E-state index contributed by atoms with van der Waals surface area (Å²) in [5.74, 6) is 0.846. The summed E-state index contributed by atoms with van der Waals surface area (Å²) < 4.78 is 0. The topological polar surface area (TPSA) is 32.3 Å². The van der Waals surface area contributed by atoms with Crippen LogP contribution in [-0.4, -0.2) is 36.1 Å². The summed E-state index contributed by atoms with van der Waals surface area (Å²) in [5, 5.41) is 0.785. The van der Waals surface area contributed by atoms with Crippen LogP contribution in [0.3, 0.4) is 0 Å². The molecule has 0 spiro atoms. The number of rotatable bonds is 2. The molecular weight excluding hydrogens is 284 g/mol. The Labute approximate surface area is 130 Å². The molecular formula is C16H19ClN4. The summed E-state index contributed by atoms with van der Waals surface area (Å²) in [6, 6.07) is 10.0. The Morgan fingerprint density at radius 3 is 2.14 bits per heavy atom. The average molecular weight is 303 g/mol. The minimum absolute atomic E-state index is 0.785. The first-order valence-corrected chi connectivity index (χ1v) is 7.57. The number of aryl methyl sites for hydroxylation is 2. The summed E-state index contributed by atoms with van der Waals surface area (Å²) in [4.78, 5) is 13.7. The van der Waals surface area contributed by atoms with Gasteiger partial charge in [-0.25, -0.2) is 9.97 Å². The second kappa shape index (κ2) is 5.90. The molecule has 1 saturated heterocycles. The van der Waals surface area contributed by atoms with Crippen molar-refractivity contribution in [3.63, 3.8) is 0 Å². The monoisotopic (exact) mass is 302 g/mol. The molecule has 1 aromatic carbocycles. The number of aromatic nitrogens is 2. The van der Waals surface area contributed by atoms with Crippen molar-refractivity contribution in [3.8, 4) is 0 Å². The van der Waals surface area contributed by atoms with Crippen LogP contribution in [0.25, 0.3) is 0 Å². The lowest BCUT2D eigenvalue weighted by Gasteiger charge is -2.36. The van der Waals surface area contributed by atoms with Gasteiger partial charge in [-0.1, -0.05) is 17.7 Å². The van der Waals surface area contributed by atoms with Gasteiger partial charge in [0.25, 0.3) is 0 Å². The molecule has 1 aromatic heterocycles. The number of hydrogen-bond donors (Lipinski definition) is 0. The third-order valence-electron chi connectivity index (χ3n) is 3.71. The SMILES string of the molecule is Cc1cc(C)nc(N2CCN(c3cccc(Cl)c3)CC2)n1. The van der Waals surface area contributed by atoms with Crippen LogP contribution >= 0.6 is 11.6 Å². The van der Waals surface area contributed by atoms with Crippen LogP contribution in [0, 0.1) is 13.8 Å². The Morgan fingerprint density at radius 2 is 1.52 bits per heavy atom. The van der Waals surface area contributed by atoms with Gasteiger partial charge >= 0.3 is 0 Å². The van der Waals surface area contributed by atoms with E-state index in [1.165, 1.54) is 5.69 Å². The molecule has 0 bridgehead atoms. The number of benzene rings is 1. The second-order valence-corrected chi connectivity index (χ2v) is 5.84. The Balaban J connectivity index is 1.70. The molecule has 0 amide bonds. The van der Waals surface area contributed by atoms with Crippen LogP contribution < -0.4 is 9.80 Å². The van der Waals surface area contributed by atoms with E-state index < -0.39 is 0 Å². The lowest BCUT2D eigenvalue weighted by molar-refractivity contribution is 0.638. The van der Waals surface area contributed by atoms with Gasteiger partial charge in [-0.2, -0.15) is 0 Å². The highest BCUT2D eigenvalue weighted by molar-refractivity contribution is 6.30. The van der Waals surface area contributed by atoms with E-state index in [1.807, 2.05) is 38.1 Å². The molecule has 2 heterocycles. The largest absolute Gasteiger partial charge is 0.368 e. The van der Waals surface area contributed by atoms with E-state index in [9.17, 15) is 0 Å². The van der Waals surface area contributed by atoms with Gasteiger partial charge in [-0.3, -0.25) is 0 Å². The molecule has 3 rings (SSSR count). The predicted octanol–water partition coefficient (Wildman–Crippen LogP) is 3.07. The maximum Gasteiger partial charge on any atom is 0.225 e. The highest BCUT2D eigenvalue weighted by atomic mass is 35.5. The van der Waals surface area contributed by atoms with Crippen molar-refractivity contribution in [1.29, 1.82) is 0 Å². The maximum absolute atomic E-state index is 6.07. The molecule has 0 N–H and O–H groups in total. The fourth-order valence-electron chi connectivity index (χ4n) is 2.69. The van der Waals surface area contributed by atoms with Crippen molar-refractivity contribution >= 4 is 23.2 Å². The average Bonchev–Trinajstić information content (AvgIpc) is 2.46. The fourth-order valence-corrected chi connectivity index (χ4v) is 2.87. The molecule has 0 aliphatic carbocycles. The van der Waals surface area contributed by atoms with Gasteiger partial charge in [0.1, 0.15) is 0 Å². The first-order chi connectivity index (χ1) is 10.1. The quantitative estimate of drug-likeness (QED) is 0.853. The van der Waals surface area contributed by atoms with Crippen molar-refractivity contribution in [2.75, 3.05) is 36.0 Å². The molecule has 0 atom stereocenters. The summed E-state index contributed by atoms with van der Waals surface area (Å²) in [6.07, 6.45) is 0. The van der Waals surface area contributed by atoms with Gasteiger partial charge in [-0.15, -0.1) is 0 Å². The van der Waals surface area contributed by atoms with Crippen LogP contribution in [0.4, 0.5) is 11.6 Å². The summed E-state index contributed by atoms with van der Waals surface area (Å²) >= 11 is 6.07. The second-order valence-electron chi connectivity index (χ2n) is 5.40. The van der Waals surface area contributed by atoms with E-state index in [0.717, 1.165) is 48.5 Å². The zero-order valence-corrected chi connectivity index (χ0v) is 13.1. The van der Waals surface area contributed by atoms with Crippen LogP contribution in [0.15, 0.2) is 30.3 Å². The molecule has 5 heteroatoms. The number of halogens is 1. The van der Waals surface area contributed by atoms with E-state index in [4.69, 9.17) is 11.6 Å². The zero-order valence-electron chi connectivity index (χ0n) is 12.4. The molecule has 1 aliphatic heterocycles. The maximum atomic E-state index is 6.07. The number of piperazine rings is 1. The lowest BCUT2D eigenvalue weighted by Crippen LogP contribution is -2.47. The van der Waals surface area contributed by atoms with Gasteiger partial charge in [0, 0.05) is 48.3 Å². The van der Waals surface area contributed by atoms with Gasteiger partial charge in [0.05, 0.1) is 0 Å². The highest BCUT2D eigenvalue weighted by Crippen LogP contribution is 2.22. The molecule has 0 radical (unpaired) electrons. The Kier molecular flexibility index (Phi) is 3.97. The Morgan fingerprint density at radius 1 is 0.905 bits per heavy atom. The van der Waals surface area contributed by atoms with Gasteiger partial charge in [0.15, 0.2) is 0 Å². The van der Waals surface area contributed by atoms with Gasteiger partial charge in [-0.05, 0) is 38.1 Å². The van der Waals surface area contributed by atoms with E-state index in [2.05, 4.69) is 25.8 Å². The molecule has 1 aliphatic rings. The normalized spacial score (nSPS) is 15.4. The number of nitrogens with zero attached hydrogens (tertiary/aromatic N) is 4. The van der Waals surface area contributed by atoms with Crippen LogP contribution in [0.2, 0.25) is 5.02 Å². The zero-order chi connectivity index (χ0) is 14.8. The van der Waals surface area contributed by atoms with Crippen molar-refractivity contribution in [3.05, 3.63) is 46.7 Å². The van der Waals surface area contributed by atoms with Crippen LogP contribution in [0.5, 0.6) is 0 Å². The minimum Gasteiger partial charge on any atom is -0.368 e. The molecule has 2 aromatic rings. The third-order valence-corrected chi connectivity index (χ3v) is 3.94. The van der Waals surface area contributed by atoms with Crippen molar-refractivity contribution in [2.24, 2.45) is 0 Å². The van der Waals surface area contributed by atoms with E-state index in [1.54, 1.807) is 0 Å². The Bertz CT molecular complexity index is 616. The first-order valence-electron chi connectivity index (χ1n) is 7.19. The minimum atomic E-state index is 0.785. The van der Waals surface area contributed by atoms with Gasteiger partial charge < -0.3 is 9.80 Å². The van der Waals surface area contributed by atoms with E-state index >= 15 is 0 Å². The lowest BCUT2D eigenvalue weighted by atomic mass is 10.2. The van der Waals surface area contributed by atoms with Crippen molar-refractivity contribution in [2.45, 2.75) is 13.8 Å². The Hall–Kier alpha value is -1.81. The highest BCUT2D eigenvalue weighted by Gasteiger charge is 2.19. The number of hydrogen-bond acceptors (Lipinski definition) is 4. The smallest absolute Gasteiger partial charge is 0.225 e. The molecule has 4 nitrogen and oxygen atoms in total. The summed E-state index contributed by atoms with van der Waals surface area (Å²) in [7, 11) is 0. The van der Waals surface area contributed by atoms with Crippen molar-refractivity contribution in [1.82, 2.24) is 9.97 Å². The number of anilines is 2. The van der Waals surface area contributed by atoms with Crippen LogP contribution in [0.1, 0.15) is 11.4 Å². The standard InChI is InChI=1S/C16H19ClN4/c1-12-10-13(2)19-16(18-12)21-8-6-20(7-9-21)15-5-3-4-14(17)11-15/h3-5,10-11H,6-9H2,1-2H3. The van der Waals surface area contributed by atoms with Gasteiger partial charge in [0.2, 0.25) is 5.95 Å². The third kappa shape index (κ3) is 3.27. The molecule has 0 unspecified atom stereocenters. The fraction of sp³-hybridized carbons (Fsp3) is 0.375. The van der Waals surface area contributed by atoms with E-state index in [0.29, 0.717) is 0 Å². The molecule has 110 valence electrons. The summed E-state index contributed by atoms with van der Waals surface area (Å²) in [6.45, 7) is 7.79. The molecule has 21 heavy (non-hydrogen) atoms.